The van der Waals surface area contributed by atoms with Crippen LogP contribution in [0.2, 0.25) is 0 Å². The van der Waals surface area contributed by atoms with Gasteiger partial charge in [-0.15, -0.1) is 0 Å². The first-order valence-electron chi connectivity index (χ1n) is 13.2. The number of hydrogen-bond donors (Lipinski definition) is 2. The van der Waals surface area contributed by atoms with Crippen molar-refractivity contribution in [1.29, 1.82) is 0 Å². The van der Waals surface area contributed by atoms with E-state index in [-0.39, 0.29) is 24.2 Å². The number of H-pyrrole nitrogens is 1. The predicted octanol–water partition coefficient (Wildman–Crippen LogP) is 3.54. The molecule has 0 radical (unpaired) electrons. The molecular formula is C28H33N5O3. The maximum absolute atomic E-state index is 13.6. The molecule has 2 bridgehead atoms. The minimum absolute atomic E-state index is 0.118. The molecule has 3 aromatic rings. The van der Waals surface area contributed by atoms with Gasteiger partial charge in [0, 0.05) is 49.5 Å². The van der Waals surface area contributed by atoms with Crippen LogP contribution < -0.4 is 5.32 Å². The van der Waals surface area contributed by atoms with E-state index in [4.69, 9.17) is 9.47 Å². The van der Waals surface area contributed by atoms with Crippen LogP contribution in [-0.2, 0) is 22.4 Å². The zero-order valence-corrected chi connectivity index (χ0v) is 20.8. The van der Waals surface area contributed by atoms with Gasteiger partial charge in [-0.3, -0.25) is 0 Å². The lowest BCUT2D eigenvalue weighted by atomic mass is 9.87. The van der Waals surface area contributed by atoms with Crippen molar-refractivity contribution in [3.05, 3.63) is 52.8 Å². The lowest BCUT2D eigenvalue weighted by molar-refractivity contribution is -0.0923. The monoisotopic (exact) mass is 487 g/mol. The minimum atomic E-state index is 0.118. The Kier molecular flexibility index (Phi) is 5.49. The van der Waals surface area contributed by atoms with Crippen molar-refractivity contribution in [3.63, 3.8) is 0 Å². The molecule has 8 nitrogen and oxygen atoms in total. The second-order valence-electron chi connectivity index (χ2n) is 10.7. The number of hydrogen-bond acceptors (Lipinski definition) is 5. The molecule has 2 amide bonds. The highest BCUT2D eigenvalue weighted by atomic mass is 16.5. The van der Waals surface area contributed by atoms with Crippen LogP contribution in [0, 0.1) is 6.92 Å². The molecule has 188 valence electrons. The lowest BCUT2D eigenvalue weighted by Gasteiger charge is -2.47. The van der Waals surface area contributed by atoms with Gasteiger partial charge in [0.15, 0.2) is 0 Å². The molecule has 8 heteroatoms. The summed E-state index contributed by atoms with van der Waals surface area (Å²) >= 11 is 0. The van der Waals surface area contributed by atoms with E-state index in [0.29, 0.717) is 19.8 Å². The number of nitrogens with one attached hydrogen (secondary N) is 2. The van der Waals surface area contributed by atoms with Crippen LogP contribution in [0.5, 0.6) is 0 Å². The number of ether oxygens (including phenoxy) is 2. The predicted molar refractivity (Wildman–Crippen MR) is 137 cm³/mol. The van der Waals surface area contributed by atoms with Gasteiger partial charge >= 0.3 is 6.03 Å². The first-order valence-corrected chi connectivity index (χ1v) is 13.2. The Bertz CT molecular complexity index is 1310. The SMILES string of the molecule is Cc1c[nH]c2ncc(-c3cc4c(c([C@@H]5COCCN5)c3)CN(C(=O)N3C[C@H]5CC[C@@H]3CO5)CC4)cc12. The molecule has 0 spiro atoms. The van der Waals surface area contributed by atoms with Crippen LogP contribution in [-0.4, -0.2) is 77.4 Å². The van der Waals surface area contributed by atoms with Crippen molar-refractivity contribution in [1.82, 2.24) is 25.1 Å². The van der Waals surface area contributed by atoms with Crippen LogP contribution in [0.1, 0.15) is 41.1 Å². The minimum Gasteiger partial charge on any atom is -0.378 e. The standard InChI is InChI=1S/C28H33N5O3/c1-17-11-30-27-23(17)10-20(12-31-27)19-8-18-4-6-32(28(34)33-13-22-3-2-21(33)15-36-22)14-25(18)24(9-19)26-16-35-7-5-29-26/h8-12,21-22,26,29H,2-7,13-16H2,1H3,(H,30,31)/t21-,22-,26+/m1/s1. The first kappa shape index (κ1) is 22.3. The molecule has 4 fully saturated rings. The molecule has 0 unspecified atom stereocenters. The molecule has 0 saturated carbocycles. The number of benzene rings is 1. The molecule has 36 heavy (non-hydrogen) atoms. The molecule has 0 aliphatic carbocycles. The highest BCUT2D eigenvalue weighted by Gasteiger charge is 2.40. The third kappa shape index (κ3) is 3.79. The second kappa shape index (κ2) is 8.87. The summed E-state index contributed by atoms with van der Waals surface area (Å²) in [4.78, 5) is 25.6. The first-order chi connectivity index (χ1) is 17.6. The van der Waals surface area contributed by atoms with Gasteiger partial charge in [0.1, 0.15) is 5.65 Å². The van der Waals surface area contributed by atoms with Gasteiger partial charge in [0.2, 0.25) is 0 Å². The maximum Gasteiger partial charge on any atom is 0.320 e. The van der Waals surface area contributed by atoms with Crippen LogP contribution in [0.25, 0.3) is 22.2 Å². The number of aromatic nitrogens is 2. The van der Waals surface area contributed by atoms with E-state index in [1.807, 2.05) is 17.3 Å². The Labute approximate surface area is 211 Å². The summed E-state index contributed by atoms with van der Waals surface area (Å²) in [6.45, 7) is 7.11. The highest BCUT2D eigenvalue weighted by Crippen LogP contribution is 2.35. The molecule has 2 N–H and O–H groups in total. The summed E-state index contributed by atoms with van der Waals surface area (Å²) in [5, 5.41) is 4.81. The number of rotatable bonds is 2. The molecule has 2 aromatic heterocycles. The molecular weight excluding hydrogens is 454 g/mol. The van der Waals surface area contributed by atoms with Crippen molar-refractivity contribution in [2.24, 2.45) is 0 Å². The smallest absolute Gasteiger partial charge is 0.320 e. The number of urea groups is 1. The van der Waals surface area contributed by atoms with E-state index in [0.717, 1.165) is 62.1 Å². The zero-order valence-electron chi connectivity index (χ0n) is 20.8. The molecule has 7 heterocycles. The largest absolute Gasteiger partial charge is 0.378 e. The van der Waals surface area contributed by atoms with Crippen LogP contribution in [0.4, 0.5) is 4.79 Å². The molecule has 3 atom stereocenters. The Hall–Kier alpha value is -2.94. The van der Waals surface area contributed by atoms with E-state index in [1.54, 1.807) is 0 Å². The average Bonchev–Trinajstić information content (AvgIpc) is 3.32. The van der Waals surface area contributed by atoms with Gasteiger partial charge in [0.05, 0.1) is 38.0 Å². The summed E-state index contributed by atoms with van der Waals surface area (Å²) in [6, 6.07) is 7.34. The summed E-state index contributed by atoms with van der Waals surface area (Å²) in [5.74, 6) is 0. The highest BCUT2D eigenvalue weighted by molar-refractivity contribution is 5.84. The van der Waals surface area contributed by atoms with Crippen molar-refractivity contribution < 1.29 is 14.3 Å². The van der Waals surface area contributed by atoms with Gasteiger partial charge in [-0.1, -0.05) is 6.07 Å². The average molecular weight is 488 g/mol. The molecule has 8 rings (SSSR count). The summed E-state index contributed by atoms with van der Waals surface area (Å²) in [7, 11) is 0. The number of piperidine rings is 1. The van der Waals surface area contributed by atoms with Crippen molar-refractivity contribution >= 4 is 17.1 Å². The number of nitrogens with zero attached hydrogens (tertiary/aromatic N) is 3. The fourth-order valence-electron chi connectivity index (χ4n) is 6.36. The third-order valence-electron chi connectivity index (χ3n) is 8.45. The zero-order chi connectivity index (χ0) is 24.2. The number of carbonyl (C=O) groups excluding carboxylic acids is 1. The molecule has 1 aromatic carbocycles. The van der Waals surface area contributed by atoms with Crippen LogP contribution in [0.3, 0.4) is 0 Å². The fraction of sp³-hybridized carbons (Fsp3) is 0.500. The number of carbonyl (C=O) groups is 1. The molecule has 5 aliphatic rings. The number of morpholine rings is 2. The molecule has 5 aliphatic heterocycles. The quantitative estimate of drug-likeness (QED) is 0.578. The Morgan fingerprint density at radius 2 is 2.11 bits per heavy atom. The fourth-order valence-corrected chi connectivity index (χ4v) is 6.36. The topological polar surface area (TPSA) is 82.7 Å². The number of aryl methyl sites for hydroxylation is 1. The normalized spacial score (nSPS) is 25.9. The van der Waals surface area contributed by atoms with Gasteiger partial charge in [-0.05, 0) is 66.1 Å². The lowest BCUT2D eigenvalue weighted by Crippen LogP contribution is -2.60. The van der Waals surface area contributed by atoms with Crippen LogP contribution in [0.15, 0.2) is 30.6 Å². The number of pyridine rings is 1. The van der Waals surface area contributed by atoms with E-state index in [1.165, 1.54) is 27.8 Å². The summed E-state index contributed by atoms with van der Waals surface area (Å²) in [5.41, 5.74) is 8.26. The number of aromatic amines is 1. The Morgan fingerprint density at radius 3 is 2.89 bits per heavy atom. The van der Waals surface area contributed by atoms with Crippen molar-refractivity contribution in [3.8, 4) is 11.1 Å². The van der Waals surface area contributed by atoms with Gasteiger partial charge in [-0.25, -0.2) is 9.78 Å². The summed E-state index contributed by atoms with van der Waals surface area (Å²) in [6.07, 6.45) is 7.15. The van der Waals surface area contributed by atoms with E-state index in [2.05, 4.69) is 45.3 Å². The van der Waals surface area contributed by atoms with E-state index < -0.39 is 0 Å². The Balaban J connectivity index is 1.24. The van der Waals surface area contributed by atoms with Crippen molar-refractivity contribution in [2.75, 3.05) is 39.5 Å². The second-order valence-corrected chi connectivity index (χ2v) is 10.7. The van der Waals surface area contributed by atoms with Gasteiger partial charge in [-0.2, -0.15) is 0 Å². The summed E-state index contributed by atoms with van der Waals surface area (Å²) < 4.78 is 11.7. The van der Waals surface area contributed by atoms with Crippen LogP contribution >= 0.6 is 0 Å². The molecule has 4 saturated heterocycles. The number of amides is 2. The maximum atomic E-state index is 13.6. The number of fused-ring (bicyclic) bond motifs is 5. The van der Waals surface area contributed by atoms with Gasteiger partial charge < -0.3 is 29.6 Å². The van der Waals surface area contributed by atoms with E-state index >= 15 is 0 Å². The van der Waals surface area contributed by atoms with Crippen molar-refractivity contribution in [2.45, 2.75) is 50.9 Å². The third-order valence-corrected chi connectivity index (χ3v) is 8.45. The Morgan fingerprint density at radius 1 is 1.17 bits per heavy atom. The van der Waals surface area contributed by atoms with E-state index in [9.17, 15) is 4.79 Å². The van der Waals surface area contributed by atoms with Gasteiger partial charge in [0.25, 0.3) is 0 Å².